The standard InChI is InChI=1S/C37H43BrN2O5/c1-36-17-15-28(45-35(44)14-13-33(41)40(23-34(42)43)22-24-5-8-27(38)9-6-24)20-26(36)7-10-29-31-12-11-30(25-4-3-19-39-21-25)37(31,2)18-16-32(29)36/h3-9,11,19,21,28-29,31-32H,10,12-18,20,22-23H2,1-2H3,(H,42,43)/t28-,29-,31-,32-,36-,37+/m0/s1. The summed E-state index contributed by atoms with van der Waals surface area (Å²) >= 11 is 3.39. The number of aromatic nitrogens is 1. The number of benzene rings is 1. The minimum atomic E-state index is -1.09. The van der Waals surface area contributed by atoms with Crippen LogP contribution in [0.4, 0.5) is 0 Å². The van der Waals surface area contributed by atoms with Gasteiger partial charge in [-0.25, -0.2) is 0 Å². The van der Waals surface area contributed by atoms with Crippen molar-refractivity contribution >= 4 is 39.3 Å². The number of pyridine rings is 1. The van der Waals surface area contributed by atoms with Gasteiger partial charge in [-0.1, -0.05) is 65.7 Å². The van der Waals surface area contributed by atoms with E-state index in [0.717, 1.165) is 42.1 Å². The van der Waals surface area contributed by atoms with Gasteiger partial charge in [0.1, 0.15) is 12.6 Å². The molecule has 0 aliphatic heterocycles. The van der Waals surface area contributed by atoms with Crippen molar-refractivity contribution in [1.29, 1.82) is 0 Å². The van der Waals surface area contributed by atoms with Crippen molar-refractivity contribution < 1.29 is 24.2 Å². The third kappa shape index (κ3) is 6.40. The second-order valence-corrected chi connectivity index (χ2v) is 14.9. The van der Waals surface area contributed by atoms with Gasteiger partial charge in [-0.05, 0) is 102 Å². The molecule has 0 bridgehead atoms. The van der Waals surface area contributed by atoms with E-state index in [1.54, 1.807) is 0 Å². The Balaban J connectivity index is 1.04. The van der Waals surface area contributed by atoms with E-state index in [2.05, 4.69) is 53.0 Å². The van der Waals surface area contributed by atoms with Crippen LogP contribution < -0.4 is 0 Å². The number of hydrogen-bond donors (Lipinski definition) is 1. The highest BCUT2D eigenvalue weighted by atomic mass is 79.9. The van der Waals surface area contributed by atoms with Gasteiger partial charge in [0.15, 0.2) is 0 Å². The number of nitrogens with zero attached hydrogens (tertiary/aromatic N) is 2. The molecule has 1 aromatic heterocycles. The average Bonchev–Trinajstić information content (AvgIpc) is 3.38. The summed E-state index contributed by atoms with van der Waals surface area (Å²) in [6.07, 6.45) is 15.7. The molecule has 8 heteroatoms. The predicted octanol–water partition coefficient (Wildman–Crippen LogP) is 7.61. The highest BCUT2D eigenvalue weighted by Gasteiger charge is 2.57. The van der Waals surface area contributed by atoms with E-state index in [1.165, 1.54) is 34.5 Å². The zero-order valence-electron chi connectivity index (χ0n) is 26.2. The highest BCUT2D eigenvalue weighted by molar-refractivity contribution is 9.10. The Morgan fingerprint density at radius 2 is 1.78 bits per heavy atom. The monoisotopic (exact) mass is 674 g/mol. The first-order valence-corrected chi connectivity index (χ1v) is 17.1. The van der Waals surface area contributed by atoms with Gasteiger partial charge >= 0.3 is 11.9 Å². The molecule has 0 radical (unpaired) electrons. The molecular weight excluding hydrogens is 632 g/mol. The normalized spacial score (nSPS) is 30.2. The zero-order chi connectivity index (χ0) is 31.8. The van der Waals surface area contributed by atoms with Gasteiger partial charge in [0.25, 0.3) is 0 Å². The van der Waals surface area contributed by atoms with Crippen LogP contribution >= 0.6 is 15.9 Å². The Morgan fingerprint density at radius 3 is 2.51 bits per heavy atom. The maximum Gasteiger partial charge on any atom is 0.323 e. The first-order valence-electron chi connectivity index (χ1n) is 16.3. The summed E-state index contributed by atoms with van der Waals surface area (Å²) in [6, 6.07) is 11.6. The van der Waals surface area contributed by atoms with Crippen molar-refractivity contribution in [3.05, 3.63) is 82.1 Å². The minimum absolute atomic E-state index is 0.0562. The highest BCUT2D eigenvalue weighted by Crippen LogP contribution is 2.66. The summed E-state index contributed by atoms with van der Waals surface area (Å²) in [5.74, 6) is 0.0812. The van der Waals surface area contributed by atoms with Crippen molar-refractivity contribution in [2.24, 2.45) is 28.6 Å². The Hall–Kier alpha value is -3.26. The number of allylic oxidation sites excluding steroid dienone is 3. The lowest BCUT2D eigenvalue weighted by atomic mass is 9.47. The molecule has 4 aliphatic carbocycles. The smallest absolute Gasteiger partial charge is 0.323 e. The number of fused-ring (bicyclic) bond motifs is 5. The number of esters is 1. The number of rotatable bonds is 9. The van der Waals surface area contributed by atoms with E-state index in [4.69, 9.17) is 4.74 Å². The molecule has 0 spiro atoms. The van der Waals surface area contributed by atoms with Gasteiger partial charge in [-0.15, -0.1) is 0 Å². The molecule has 7 nitrogen and oxygen atoms in total. The summed E-state index contributed by atoms with van der Waals surface area (Å²) in [5, 5.41) is 9.35. The third-order valence-electron chi connectivity index (χ3n) is 11.4. The summed E-state index contributed by atoms with van der Waals surface area (Å²) < 4.78 is 6.83. The molecular formula is C37H43BrN2O5. The molecule has 45 heavy (non-hydrogen) atoms. The van der Waals surface area contributed by atoms with Gasteiger partial charge in [0.2, 0.25) is 5.91 Å². The lowest BCUT2D eigenvalue weighted by molar-refractivity contribution is -0.153. The van der Waals surface area contributed by atoms with E-state index in [0.29, 0.717) is 17.8 Å². The maximum absolute atomic E-state index is 12.9. The molecule has 1 heterocycles. The molecule has 6 atom stereocenters. The fourth-order valence-electron chi connectivity index (χ4n) is 9.08. The van der Waals surface area contributed by atoms with Gasteiger partial charge in [0, 0.05) is 36.3 Å². The molecule has 238 valence electrons. The molecule has 4 aliphatic rings. The molecule has 2 fully saturated rings. The van der Waals surface area contributed by atoms with E-state index < -0.39 is 18.5 Å². The summed E-state index contributed by atoms with van der Waals surface area (Å²) in [5.41, 5.74) is 5.33. The van der Waals surface area contributed by atoms with Gasteiger partial charge in [-0.2, -0.15) is 0 Å². The minimum Gasteiger partial charge on any atom is -0.480 e. The molecule has 1 N–H and O–H groups in total. The number of hydrogen-bond acceptors (Lipinski definition) is 5. The van der Waals surface area contributed by atoms with Crippen molar-refractivity contribution in [3.8, 4) is 0 Å². The molecule has 0 unspecified atom stereocenters. The first-order chi connectivity index (χ1) is 21.6. The lowest BCUT2D eigenvalue weighted by Crippen LogP contribution is -2.50. The Kier molecular flexibility index (Phi) is 9.06. The van der Waals surface area contributed by atoms with Crippen LogP contribution in [0, 0.1) is 28.6 Å². The number of amides is 1. The van der Waals surface area contributed by atoms with Gasteiger partial charge in [-0.3, -0.25) is 19.4 Å². The van der Waals surface area contributed by atoms with Crippen LogP contribution in [0.3, 0.4) is 0 Å². The predicted molar refractivity (Wildman–Crippen MR) is 176 cm³/mol. The van der Waals surface area contributed by atoms with Crippen LogP contribution in [0.5, 0.6) is 0 Å². The van der Waals surface area contributed by atoms with Gasteiger partial charge in [0.05, 0.1) is 6.42 Å². The largest absolute Gasteiger partial charge is 0.480 e. The van der Waals surface area contributed by atoms with Crippen LogP contribution in [0.25, 0.3) is 5.57 Å². The number of halogens is 1. The van der Waals surface area contributed by atoms with Gasteiger partial charge < -0.3 is 14.7 Å². The topological polar surface area (TPSA) is 96.8 Å². The van der Waals surface area contributed by atoms with E-state index in [1.807, 2.05) is 42.7 Å². The van der Waals surface area contributed by atoms with Crippen LogP contribution in [0.1, 0.15) is 82.8 Å². The number of aliphatic carboxylic acids is 1. The SMILES string of the molecule is C[C@]12CC[C@H](OC(=O)CCC(=O)N(CC(=O)O)Cc3ccc(Br)cc3)CC1=CC[C@@H]1[C@@H]2CC[C@]2(C)C(c3cccnc3)=CC[C@@H]12. The lowest BCUT2D eigenvalue weighted by Gasteiger charge is -2.57. The second-order valence-electron chi connectivity index (χ2n) is 13.9. The van der Waals surface area contributed by atoms with Crippen molar-refractivity contribution in [2.45, 2.75) is 84.3 Å². The maximum atomic E-state index is 12.9. The Morgan fingerprint density at radius 1 is 1.00 bits per heavy atom. The summed E-state index contributed by atoms with van der Waals surface area (Å²) in [4.78, 5) is 42.9. The van der Waals surface area contributed by atoms with E-state index >= 15 is 0 Å². The van der Waals surface area contributed by atoms with E-state index in [9.17, 15) is 19.5 Å². The number of carboxylic acid groups (broad SMARTS) is 1. The van der Waals surface area contributed by atoms with E-state index in [-0.39, 0.29) is 42.2 Å². The second kappa shape index (κ2) is 12.9. The Bertz CT molecular complexity index is 1500. The molecule has 6 rings (SSSR count). The molecule has 1 aromatic carbocycles. The summed E-state index contributed by atoms with van der Waals surface area (Å²) in [7, 11) is 0. The molecule has 0 saturated heterocycles. The number of carbonyl (C=O) groups is 3. The van der Waals surface area contributed by atoms with Crippen molar-refractivity contribution in [1.82, 2.24) is 9.88 Å². The van der Waals surface area contributed by atoms with Crippen LogP contribution in [-0.2, 0) is 25.7 Å². The summed E-state index contributed by atoms with van der Waals surface area (Å²) in [6.45, 7) is 4.68. The Labute approximate surface area is 274 Å². The third-order valence-corrected chi connectivity index (χ3v) is 11.9. The van der Waals surface area contributed by atoms with Crippen LogP contribution in [-0.4, -0.2) is 45.5 Å². The number of ether oxygens (including phenoxy) is 1. The van der Waals surface area contributed by atoms with Crippen molar-refractivity contribution in [2.75, 3.05) is 6.54 Å². The van der Waals surface area contributed by atoms with Crippen LogP contribution in [0.2, 0.25) is 0 Å². The fraction of sp³-hybridized carbons (Fsp3) is 0.514. The quantitative estimate of drug-likeness (QED) is 0.217. The number of carbonyl (C=O) groups excluding carboxylic acids is 2. The van der Waals surface area contributed by atoms with Crippen molar-refractivity contribution in [3.63, 3.8) is 0 Å². The molecule has 2 saturated carbocycles. The van der Waals surface area contributed by atoms with Crippen LogP contribution in [0.15, 0.2) is 71.0 Å². The molecule has 1 amide bonds. The average molecular weight is 676 g/mol. The number of carboxylic acids is 1. The first kappa shape index (κ1) is 31.7. The zero-order valence-corrected chi connectivity index (χ0v) is 27.8. The fourth-order valence-corrected chi connectivity index (χ4v) is 9.35. The molecule has 2 aromatic rings.